The van der Waals surface area contributed by atoms with Crippen LogP contribution in [0.2, 0.25) is 0 Å². The minimum atomic E-state index is -0.746. The van der Waals surface area contributed by atoms with E-state index in [4.69, 9.17) is 9.47 Å². The van der Waals surface area contributed by atoms with Crippen molar-refractivity contribution in [2.75, 3.05) is 19.8 Å². The first kappa shape index (κ1) is 13.4. The number of unbranched alkanes of at least 4 members (excludes halogenated alkanes) is 1. The quantitative estimate of drug-likeness (QED) is 0.475. The van der Waals surface area contributed by atoms with Crippen LogP contribution < -0.4 is 0 Å². The van der Waals surface area contributed by atoms with Gasteiger partial charge in [0.05, 0.1) is 25.7 Å². The second kappa shape index (κ2) is 8.97. The molecular weight excluding hydrogens is 184 g/mol. The molecule has 0 spiro atoms. The fourth-order valence-electron chi connectivity index (χ4n) is 0.894. The highest BCUT2D eigenvalue weighted by Gasteiger charge is 2.11. The SMILES string of the molecule is CCCCOC(=O)C[C@@H](O)COCC. The molecule has 0 saturated carbocycles. The Morgan fingerprint density at radius 2 is 2.14 bits per heavy atom. The number of ether oxygens (including phenoxy) is 2. The molecule has 0 fully saturated rings. The number of esters is 1. The summed E-state index contributed by atoms with van der Waals surface area (Å²) in [4.78, 5) is 11.1. The molecule has 0 radical (unpaired) electrons. The fourth-order valence-corrected chi connectivity index (χ4v) is 0.894. The number of rotatable bonds is 8. The highest BCUT2D eigenvalue weighted by atomic mass is 16.5. The van der Waals surface area contributed by atoms with E-state index in [1.807, 2.05) is 13.8 Å². The van der Waals surface area contributed by atoms with Gasteiger partial charge in [0.15, 0.2) is 0 Å². The van der Waals surface area contributed by atoms with E-state index in [9.17, 15) is 9.90 Å². The van der Waals surface area contributed by atoms with Gasteiger partial charge in [0, 0.05) is 6.61 Å². The molecule has 0 aliphatic rings. The Balaban J connectivity index is 3.40. The molecule has 4 heteroatoms. The van der Waals surface area contributed by atoms with E-state index >= 15 is 0 Å². The van der Waals surface area contributed by atoms with Crippen LogP contribution in [-0.2, 0) is 14.3 Å². The third-order valence-corrected chi connectivity index (χ3v) is 1.68. The zero-order valence-electron chi connectivity index (χ0n) is 8.99. The molecule has 0 rings (SSSR count). The van der Waals surface area contributed by atoms with Gasteiger partial charge in [-0.2, -0.15) is 0 Å². The molecule has 0 aromatic carbocycles. The molecule has 14 heavy (non-hydrogen) atoms. The van der Waals surface area contributed by atoms with Crippen LogP contribution in [0.25, 0.3) is 0 Å². The largest absolute Gasteiger partial charge is 0.466 e. The predicted octanol–water partition coefficient (Wildman–Crippen LogP) is 1.12. The molecule has 1 atom stereocenters. The van der Waals surface area contributed by atoms with Gasteiger partial charge in [-0.3, -0.25) is 4.79 Å². The summed E-state index contributed by atoms with van der Waals surface area (Å²) >= 11 is 0. The molecule has 0 unspecified atom stereocenters. The average Bonchev–Trinajstić information content (AvgIpc) is 2.15. The Hall–Kier alpha value is -0.610. The number of carbonyl (C=O) groups excluding carboxylic acids is 1. The van der Waals surface area contributed by atoms with Crippen LogP contribution in [0.4, 0.5) is 0 Å². The van der Waals surface area contributed by atoms with Crippen molar-refractivity contribution in [2.45, 2.75) is 39.2 Å². The molecule has 0 aliphatic carbocycles. The van der Waals surface area contributed by atoms with Crippen molar-refractivity contribution in [3.8, 4) is 0 Å². The maximum Gasteiger partial charge on any atom is 0.308 e. The van der Waals surface area contributed by atoms with Crippen LogP contribution in [0.1, 0.15) is 33.1 Å². The second-order valence-corrected chi connectivity index (χ2v) is 3.09. The van der Waals surface area contributed by atoms with E-state index < -0.39 is 6.10 Å². The first-order valence-electron chi connectivity index (χ1n) is 5.12. The van der Waals surface area contributed by atoms with Crippen LogP contribution >= 0.6 is 0 Å². The lowest BCUT2D eigenvalue weighted by Gasteiger charge is -2.09. The zero-order chi connectivity index (χ0) is 10.8. The Bertz CT molecular complexity index is 147. The first-order valence-corrected chi connectivity index (χ1v) is 5.12. The monoisotopic (exact) mass is 204 g/mol. The van der Waals surface area contributed by atoms with Crippen molar-refractivity contribution in [1.82, 2.24) is 0 Å². The van der Waals surface area contributed by atoms with Gasteiger partial charge in [0.25, 0.3) is 0 Å². The Labute approximate surface area is 85.2 Å². The van der Waals surface area contributed by atoms with Gasteiger partial charge in [0.2, 0.25) is 0 Å². The summed E-state index contributed by atoms with van der Waals surface area (Å²) in [5.41, 5.74) is 0. The second-order valence-electron chi connectivity index (χ2n) is 3.09. The summed E-state index contributed by atoms with van der Waals surface area (Å²) in [6, 6.07) is 0. The number of carbonyl (C=O) groups is 1. The van der Waals surface area contributed by atoms with Gasteiger partial charge < -0.3 is 14.6 Å². The number of hydrogen-bond donors (Lipinski definition) is 1. The normalized spacial score (nSPS) is 12.5. The maximum atomic E-state index is 11.1. The van der Waals surface area contributed by atoms with Crippen LogP contribution in [-0.4, -0.2) is 37.0 Å². The lowest BCUT2D eigenvalue weighted by molar-refractivity contribution is -0.146. The minimum absolute atomic E-state index is 0.0176. The average molecular weight is 204 g/mol. The van der Waals surface area contributed by atoms with Crippen molar-refractivity contribution < 1.29 is 19.4 Å². The Morgan fingerprint density at radius 1 is 1.43 bits per heavy atom. The number of aliphatic hydroxyl groups is 1. The zero-order valence-corrected chi connectivity index (χ0v) is 8.99. The van der Waals surface area contributed by atoms with E-state index in [0.717, 1.165) is 12.8 Å². The molecule has 0 saturated heterocycles. The lowest BCUT2D eigenvalue weighted by Crippen LogP contribution is -2.21. The molecule has 0 aromatic heterocycles. The molecule has 0 amide bonds. The Morgan fingerprint density at radius 3 is 2.71 bits per heavy atom. The highest BCUT2D eigenvalue weighted by molar-refractivity contribution is 5.69. The van der Waals surface area contributed by atoms with Crippen LogP contribution in [0.5, 0.6) is 0 Å². The topological polar surface area (TPSA) is 55.8 Å². The molecule has 0 bridgehead atoms. The number of aliphatic hydroxyl groups excluding tert-OH is 1. The van der Waals surface area contributed by atoms with Gasteiger partial charge in [-0.15, -0.1) is 0 Å². The van der Waals surface area contributed by atoms with E-state index in [2.05, 4.69) is 0 Å². The molecule has 84 valence electrons. The van der Waals surface area contributed by atoms with E-state index in [-0.39, 0.29) is 19.0 Å². The minimum Gasteiger partial charge on any atom is -0.466 e. The van der Waals surface area contributed by atoms with E-state index in [1.54, 1.807) is 0 Å². The van der Waals surface area contributed by atoms with Gasteiger partial charge in [-0.25, -0.2) is 0 Å². The summed E-state index contributed by atoms with van der Waals surface area (Å²) in [7, 11) is 0. The number of hydrogen-bond acceptors (Lipinski definition) is 4. The molecule has 0 heterocycles. The van der Waals surface area contributed by atoms with Gasteiger partial charge in [0.1, 0.15) is 0 Å². The summed E-state index contributed by atoms with van der Waals surface area (Å²) in [5, 5.41) is 9.28. The van der Waals surface area contributed by atoms with Crippen molar-refractivity contribution in [1.29, 1.82) is 0 Å². The fraction of sp³-hybridized carbons (Fsp3) is 0.900. The third-order valence-electron chi connectivity index (χ3n) is 1.68. The van der Waals surface area contributed by atoms with Gasteiger partial charge >= 0.3 is 5.97 Å². The van der Waals surface area contributed by atoms with Crippen LogP contribution in [0.15, 0.2) is 0 Å². The summed E-state index contributed by atoms with van der Waals surface area (Å²) in [5.74, 6) is -0.356. The van der Waals surface area contributed by atoms with Crippen molar-refractivity contribution >= 4 is 5.97 Å². The molecule has 0 aliphatic heterocycles. The summed E-state index contributed by atoms with van der Waals surface area (Å²) < 4.78 is 9.84. The molecule has 1 N–H and O–H groups in total. The standard InChI is InChI=1S/C10H20O4/c1-3-5-6-14-10(12)7-9(11)8-13-4-2/h9,11H,3-8H2,1-2H3/t9-/m1/s1. The first-order chi connectivity index (χ1) is 6.70. The van der Waals surface area contributed by atoms with E-state index in [1.165, 1.54) is 0 Å². The van der Waals surface area contributed by atoms with Crippen molar-refractivity contribution in [3.63, 3.8) is 0 Å². The van der Waals surface area contributed by atoms with E-state index in [0.29, 0.717) is 13.2 Å². The lowest BCUT2D eigenvalue weighted by atomic mass is 10.3. The maximum absolute atomic E-state index is 11.1. The summed E-state index contributed by atoms with van der Waals surface area (Å²) in [6.45, 7) is 5.04. The summed E-state index contributed by atoms with van der Waals surface area (Å²) in [6.07, 6.45) is 1.13. The van der Waals surface area contributed by atoms with Crippen molar-refractivity contribution in [3.05, 3.63) is 0 Å². The molecule has 0 aromatic rings. The smallest absolute Gasteiger partial charge is 0.308 e. The predicted molar refractivity (Wildman–Crippen MR) is 53.0 cm³/mol. The molecular formula is C10H20O4. The highest BCUT2D eigenvalue weighted by Crippen LogP contribution is 1.97. The van der Waals surface area contributed by atoms with Gasteiger partial charge in [-0.05, 0) is 13.3 Å². The van der Waals surface area contributed by atoms with Crippen LogP contribution in [0.3, 0.4) is 0 Å². The molecule has 4 nitrogen and oxygen atoms in total. The third kappa shape index (κ3) is 8.01. The van der Waals surface area contributed by atoms with Crippen LogP contribution in [0, 0.1) is 0 Å². The van der Waals surface area contributed by atoms with Crippen molar-refractivity contribution in [2.24, 2.45) is 0 Å². The Kier molecular flexibility index (Phi) is 8.57. The van der Waals surface area contributed by atoms with Gasteiger partial charge in [-0.1, -0.05) is 13.3 Å².